The van der Waals surface area contributed by atoms with Gasteiger partial charge in [0, 0.05) is 6.26 Å². The van der Waals surface area contributed by atoms with Gasteiger partial charge in [0.15, 0.2) is 0 Å². The Morgan fingerprint density at radius 2 is 2.08 bits per heavy atom. The molecule has 3 nitrogen and oxygen atoms in total. The predicted octanol–water partition coefficient (Wildman–Crippen LogP) is 0.979. The van der Waals surface area contributed by atoms with Crippen LogP contribution in [0, 0.1) is 0 Å². The van der Waals surface area contributed by atoms with Gasteiger partial charge in [-0.2, -0.15) is 0 Å². The number of aryl methyl sites for hydroxylation is 1. The molecule has 1 rings (SSSR count). The summed E-state index contributed by atoms with van der Waals surface area (Å²) < 4.78 is 21.7. The molecule has 1 aromatic carbocycles. The molecule has 1 aromatic rings. The van der Waals surface area contributed by atoms with E-state index in [0.29, 0.717) is 6.42 Å². The van der Waals surface area contributed by atoms with Gasteiger partial charge in [-0.1, -0.05) is 12.1 Å². The summed E-state index contributed by atoms with van der Waals surface area (Å²) in [5.74, 6) is 0.294. The van der Waals surface area contributed by atoms with Gasteiger partial charge >= 0.3 is 0 Å². The minimum atomic E-state index is -2.92. The highest BCUT2D eigenvalue weighted by Gasteiger charge is 2.02. The Morgan fingerprint density at radius 3 is 2.62 bits per heavy atom. The van der Waals surface area contributed by atoms with E-state index < -0.39 is 9.84 Å². The van der Waals surface area contributed by atoms with Gasteiger partial charge in [0.1, 0.15) is 15.6 Å². The summed E-state index contributed by atoms with van der Waals surface area (Å²) in [6.07, 6.45) is 1.66. The molecule has 0 saturated carbocycles. The molecule has 4 heteroatoms. The standard InChI is InChI=1S/C9H12O3S/c1-13(11,12)6-5-8-3-2-4-9(10)7-8/h2-4,7,10H,5-6H2,1H3. The topological polar surface area (TPSA) is 54.4 Å². The number of benzene rings is 1. The third-order valence-corrected chi connectivity index (χ3v) is 2.62. The molecular formula is C9H12O3S. The lowest BCUT2D eigenvalue weighted by Crippen LogP contribution is -2.05. The lowest BCUT2D eigenvalue weighted by molar-refractivity contribution is 0.474. The third kappa shape index (κ3) is 3.94. The van der Waals surface area contributed by atoms with Gasteiger partial charge in [-0.25, -0.2) is 8.42 Å². The minimum absolute atomic E-state index is 0.121. The van der Waals surface area contributed by atoms with Crippen LogP contribution in [-0.2, 0) is 16.3 Å². The summed E-state index contributed by atoms with van der Waals surface area (Å²) in [6.45, 7) is 0. The van der Waals surface area contributed by atoms with Gasteiger partial charge in [-0.05, 0) is 24.1 Å². The SMILES string of the molecule is CS(=O)(=O)CCc1cccc(O)c1. The maximum atomic E-state index is 10.8. The number of rotatable bonds is 3. The highest BCUT2D eigenvalue weighted by atomic mass is 32.2. The van der Waals surface area contributed by atoms with Crippen molar-refractivity contribution >= 4 is 9.84 Å². The van der Waals surface area contributed by atoms with E-state index in [0.717, 1.165) is 5.56 Å². The van der Waals surface area contributed by atoms with Crippen LogP contribution in [0.3, 0.4) is 0 Å². The normalized spacial score (nSPS) is 11.5. The molecule has 13 heavy (non-hydrogen) atoms. The van der Waals surface area contributed by atoms with Crippen LogP contribution in [0.1, 0.15) is 5.56 Å². The lowest BCUT2D eigenvalue weighted by atomic mass is 10.2. The van der Waals surface area contributed by atoms with E-state index in [1.54, 1.807) is 24.3 Å². The maximum Gasteiger partial charge on any atom is 0.147 e. The monoisotopic (exact) mass is 200 g/mol. The van der Waals surface area contributed by atoms with Crippen LogP contribution in [0.15, 0.2) is 24.3 Å². The second kappa shape index (κ2) is 3.79. The second-order valence-corrected chi connectivity index (χ2v) is 5.31. The molecule has 1 N–H and O–H groups in total. The molecule has 0 aliphatic heterocycles. The van der Waals surface area contributed by atoms with E-state index >= 15 is 0 Å². The molecule has 0 atom stereocenters. The van der Waals surface area contributed by atoms with Gasteiger partial charge in [-0.3, -0.25) is 0 Å². The molecule has 0 bridgehead atoms. The van der Waals surface area contributed by atoms with Crippen LogP contribution in [-0.4, -0.2) is 25.5 Å². The molecule has 0 aromatic heterocycles. The molecule has 0 heterocycles. The molecule has 0 aliphatic carbocycles. The summed E-state index contributed by atoms with van der Waals surface area (Å²) in [7, 11) is -2.92. The Morgan fingerprint density at radius 1 is 1.38 bits per heavy atom. The van der Waals surface area contributed by atoms with Gasteiger partial charge in [-0.15, -0.1) is 0 Å². The number of sulfone groups is 1. The van der Waals surface area contributed by atoms with E-state index in [1.165, 1.54) is 6.26 Å². The van der Waals surface area contributed by atoms with E-state index in [9.17, 15) is 8.42 Å². The van der Waals surface area contributed by atoms with E-state index in [-0.39, 0.29) is 11.5 Å². The van der Waals surface area contributed by atoms with Gasteiger partial charge in [0.25, 0.3) is 0 Å². The zero-order chi connectivity index (χ0) is 9.90. The fraction of sp³-hybridized carbons (Fsp3) is 0.333. The molecule has 0 spiro atoms. The van der Waals surface area contributed by atoms with Crippen molar-refractivity contribution in [2.45, 2.75) is 6.42 Å². The average Bonchev–Trinajstić information content (AvgIpc) is 2.00. The molecule has 0 radical (unpaired) electrons. The highest BCUT2D eigenvalue weighted by Crippen LogP contribution is 2.11. The van der Waals surface area contributed by atoms with Crippen LogP contribution in [0.25, 0.3) is 0 Å². The average molecular weight is 200 g/mol. The second-order valence-electron chi connectivity index (χ2n) is 3.05. The third-order valence-electron chi connectivity index (χ3n) is 1.67. The van der Waals surface area contributed by atoms with Crippen molar-refractivity contribution in [3.05, 3.63) is 29.8 Å². The number of aromatic hydroxyl groups is 1. The Balaban J connectivity index is 2.65. The number of phenols is 1. The van der Waals surface area contributed by atoms with Crippen LogP contribution in [0.4, 0.5) is 0 Å². The molecular weight excluding hydrogens is 188 g/mol. The van der Waals surface area contributed by atoms with Crippen molar-refractivity contribution in [1.82, 2.24) is 0 Å². The fourth-order valence-electron chi connectivity index (χ4n) is 1.02. The van der Waals surface area contributed by atoms with Crippen molar-refractivity contribution in [1.29, 1.82) is 0 Å². The molecule has 0 aliphatic rings. The van der Waals surface area contributed by atoms with Gasteiger partial charge in [0.2, 0.25) is 0 Å². The summed E-state index contributed by atoms with van der Waals surface area (Å²) in [4.78, 5) is 0. The van der Waals surface area contributed by atoms with Crippen molar-refractivity contribution in [3.8, 4) is 5.75 Å². The molecule has 0 unspecified atom stereocenters. The van der Waals surface area contributed by atoms with Crippen LogP contribution < -0.4 is 0 Å². The zero-order valence-electron chi connectivity index (χ0n) is 7.40. The number of hydrogen-bond donors (Lipinski definition) is 1. The van der Waals surface area contributed by atoms with Crippen LogP contribution in [0.2, 0.25) is 0 Å². The van der Waals surface area contributed by atoms with E-state index in [2.05, 4.69) is 0 Å². The first kappa shape index (κ1) is 10.1. The van der Waals surface area contributed by atoms with E-state index in [1.807, 2.05) is 0 Å². The quantitative estimate of drug-likeness (QED) is 0.791. The largest absolute Gasteiger partial charge is 0.508 e. The first-order valence-corrected chi connectivity index (χ1v) is 5.99. The lowest BCUT2D eigenvalue weighted by Gasteiger charge is -2.00. The summed E-state index contributed by atoms with van der Waals surface area (Å²) >= 11 is 0. The number of phenolic OH excluding ortho intramolecular Hbond substituents is 1. The van der Waals surface area contributed by atoms with Gasteiger partial charge < -0.3 is 5.11 Å². The Bertz CT molecular complexity index is 382. The molecule has 0 amide bonds. The zero-order valence-corrected chi connectivity index (χ0v) is 8.21. The first-order valence-electron chi connectivity index (χ1n) is 3.93. The van der Waals surface area contributed by atoms with Crippen molar-refractivity contribution in [2.24, 2.45) is 0 Å². The maximum absolute atomic E-state index is 10.8. The Kier molecular flexibility index (Phi) is 2.93. The van der Waals surface area contributed by atoms with Crippen molar-refractivity contribution < 1.29 is 13.5 Å². The van der Waals surface area contributed by atoms with Crippen molar-refractivity contribution in [3.63, 3.8) is 0 Å². The minimum Gasteiger partial charge on any atom is -0.508 e. The van der Waals surface area contributed by atoms with E-state index in [4.69, 9.17) is 5.11 Å². The molecule has 0 saturated heterocycles. The smallest absolute Gasteiger partial charge is 0.147 e. The number of hydrogen-bond acceptors (Lipinski definition) is 3. The van der Waals surface area contributed by atoms with Crippen LogP contribution >= 0.6 is 0 Å². The Labute approximate surface area is 77.9 Å². The van der Waals surface area contributed by atoms with Crippen molar-refractivity contribution in [2.75, 3.05) is 12.0 Å². The summed E-state index contributed by atoms with van der Waals surface area (Å²) in [6, 6.07) is 6.63. The fourth-order valence-corrected chi connectivity index (χ4v) is 1.62. The summed E-state index contributed by atoms with van der Waals surface area (Å²) in [5, 5.41) is 9.09. The summed E-state index contributed by atoms with van der Waals surface area (Å²) in [5.41, 5.74) is 0.838. The molecule has 0 fully saturated rings. The highest BCUT2D eigenvalue weighted by molar-refractivity contribution is 7.90. The Hall–Kier alpha value is -1.03. The van der Waals surface area contributed by atoms with Gasteiger partial charge in [0.05, 0.1) is 5.75 Å². The molecule has 72 valence electrons. The predicted molar refractivity (Wildman–Crippen MR) is 51.5 cm³/mol. The van der Waals surface area contributed by atoms with Crippen LogP contribution in [0.5, 0.6) is 5.75 Å². The first-order chi connectivity index (χ1) is 5.97.